The van der Waals surface area contributed by atoms with Gasteiger partial charge >= 0.3 is 0 Å². The molecule has 1 aromatic carbocycles. The van der Waals surface area contributed by atoms with Crippen molar-refractivity contribution < 1.29 is 4.79 Å². The van der Waals surface area contributed by atoms with Gasteiger partial charge in [0.05, 0.1) is 10.0 Å². The van der Waals surface area contributed by atoms with E-state index in [9.17, 15) is 9.59 Å². The molecule has 0 aliphatic rings. The summed E-state index contributed by atoms with van der Waals surface area (Å²) in [5.74, 6) is 0. The highest BCUT2D eigenvalue weighted by atomic mass is 35.5. The lowest BCUT2D eigenvalue weighted by atomic mass is 10.2. The Morgan fingerprint density at radius 3 is 2.24 bits per heavy atom. The molecule has 1 N–H and O–H groups in total. The van der Waals surface area contributed by atoms with Crippen molar-refractivity contribution in [1.29, 1.82) is 0 Å². The van der Waals surface area contributed by atoms with Gasteiger partial charge in [0.25, 0.3) is 0 Å². The Bertz CT molecular complexity index is 535. The highest BCUT2D eigenvalue weighted by Crippen LogP contribution is 2.21. The average molecular weight is 270 g/mol. The second-order valence-electron chi connectivity index (χ2n) is 3.02. The Kier molecular flexibility index (Phi) is 5.46. The van der Waals surface area contributed by atoms with Crippen molar-refractivity contribution in [1.82, 2.24) is 4.98 Å². The number of aromatic amines is 1. The fourth-order valence-corrected chi connectivity index (χ4v) is 1.27. The first kappa shape index (κ1) is 13.5. The molecule has 0 fully saturated rings. The van der Waals surface area contributed by atoms with E-state index in [2.05, 4.69) is 4.98 Å². The molecule has 1 aromatic heterocycles. The first-order valence-corrected chi connectivity index (χ1v) is 5.43. The van der Waals surface area contributed by atoms with Crippen LogP contribution in [0.1, 0.15) is 10.4 Å². The van der Waals surface area contributed by atoms with Gasteiger partial charge in [-0.2, -0.15) is 0 Å². The van der Waals surface area contributed by atoms with Crippen LogP contribution in [0, 0.1) is 0 Å². The van der Waals surface area contributed by atoms with Crippen LogP contribution in [0.15, 0.2) is 47.4 Å². The van der Waals surface area contributed by atoms with Crippen molar-refractivity contribution in [3.63, 3.8) is 0 Å². The van der Waals surface area contributed by atoms with Crippen LogP contribution < -0.4 is 5.56 Å². The summed E-state index contributed by atoms with van der Waals surface area (Å²) in [6, 6.07) is 9.66. The van der Waals surface area contributed by atoms with Crippen LogP contribution in [0.3, 0.4) is 0 Å². The van der Waals surface area contributed by atoms with Crippen LogP contribution >= 0.6 is 23.2 Å². The number of halogens is 2. The van der Waals surface area contributed by atoms with Crippen LogP contribution in [-0.2, 0) is 0 Å². The second kappa shape index (κ2) is 6.89. The fourth-order valence-electron chi connectivity index (χ4n) is 0.963. The third-order valence-corrected chi connectivity index (χ3v) is 2.50. The van der Waals surface area contributed by atoms with Gasteiger partial charge in [-0.3, -0.25) is 9.59 Å². The fraction of sp³-hybridized carbons (Fsp3) is 0. The number of rotatable bonds is 1. The summed E-state index contributed by atoms with van der Waals surface area (Å²) >= 11 is 11.2. The van der Waals surface area contributed by atoms with E-state index >= 15 is 0 Å². The standard InChI is InChI=1S/C7H4Cl2O.C5H5NO/c8-6-2-1-5(4-10)3-7(6)9;7-5-3-1-2-4-6-5/h1-4H;1-4H,(H,6,7). The molecule has 0 unspecified atom stereocenters. The molecule has 1 heterocycles. The molecule has 0 saturated carbocycles. The third-order valence-electron chi connectivity index (χ3n) is 1.76. The molecule has 0 aliphatic heterocycles. The summed E-state index contributed by atoms with van der Waals surface area (Å²) < 4.78 is 0. The Balaban J connectivity index is 0.000000181. The summed E-state index contributed by atoms with van der Waals surface area (Å²) in [5.41, 5.74) is 0.483. The predicted molar refractivity (Wildman–Crippen MR) is 68.9 cm³/mol. The van der Waals surface area contributed by atoms with Crippen molar-refractivity contribution in [2.75, 3.05) is 0 Å². The van der Waals surface area contributed by atoms with Crippen molar-refractivity contribution >= 4 is 29.5 Å². The maximum atomic E-state index is 10.2. The summed E-state index contributed by atoms with van der Waals surface area (Å²) in [6.45, 7) is 0. The van der Waals surface area contributed by atoms with Gasteiger partial charge in [-0.1, -0.05) is 35.3 Å². The number of pyridine rings is 1. The molecule has 17 heavy (non-hydrogen) atoms. The number of carbonyl (C=O) groups excluding carboxylic acids is 1. The minimum atomic E-state index is -0.0532. The first-order chi connectivity index (χ1) is 8.13. The zero-order valence-corrected chi connectivity index (χ0v) is 10.2. The summed E-state index contributed by atoms with van der Waals surface area (Å²) in [7, 11) is 0. The quantitative estimate of drug-likeness (QED) is 0.809. The normalized spacial score (nSPS) is 9.06. The van der Waals surface area contributed by atoms with Crippen molar-refractivity contribution in [2.45, 2.75) is 0 Å². The van der Waals surface area contributed by atoms with Crippen LogP contribution in [0.4, 0.5) is 0 Å². The predicted octanol–water partition coefficient (Wildman–Crippen LogP) is 3.18. The second-order valence-corrected chi connectivity index (χ2v) is 3.83. The van der Waals surface area contributed by atoms with E-state index < -0.39 is 0 Å². The molecule has 2 rings (SSSR count). The molecule has 0 aliphatic carbocycles. The van der Waals surface area contributed by atoms with E-state index in [1.807, 2.05) is 0 Å². The van der Waals surface area contributed by atoms with E-state index in [-0.39, 0.29) is 5.56 Å². The number of nitrogens with one attached hydrogen (secondary N) is 1. The number of aldehydes is 1. The van der Waals surface area contributed by atoms with E-state index in [0.29, 0.717) is 15.6 Å². The van der Waals surface area contributed by atoms with Gasteiger partial charge in [-0.15, -0.1) is 0 Å². The minimum Gasteiger partial charge on any atom is -0.329 e. The topological polar surface area (TPSA) is 49.9 Å². The first-order valence-electron chi connectivity index (χ1n) is 4.67. The van der Waals surface area contributed by atoms with E-state index in [1.54, 1.807) is 30.5 Å². The number of hydrogen-bond acceptors (Lipinski definition) is 2. The largest absolute Gasteiger partial charge is 0.329 e. The maximum Gasteiger partial charge on any atom is 0.247 e. The smallest absolute Gasteiger partial charge is 0.247 e. The zero-order valence-electron chi connectivity index (χ0n) is 8.69. The molecule has 3 nitrogen and oxygen atoms in total. The molecule has 0 spiro atoms. The van der Waals surface area contributed by atoms with Gasteiger partial charge < -0.3 is 4.98 Å². The SMILES string of the molecule is O=Cc1ccc(Cl)c(Cl)c1.O=c1cccc[nH]1. The highest BCUT2D eigenvalue weighted by molar-refractivity contribution is 6.42. The van der Waals surface area contributed by atoms with Gasteiger partial charge in [0.1, 0.15) is 6.29 Å². The molecule has 0 radical (unpaired) electrons. The van der Waals surface area contributed by atoms with Crippen LogP contribution in [0.2, 0.25) is 10.0 Å². The number of aromatic nitrogens is 1. The number of H-pyrrole nitrogens is 1. The molecular weight excluding hydrogens is 261 g/mol. The highest BCUT2D eigenvalue weighted by Gasteiger charge is 1.96. The number of carbonyl (C=O) groups is 1. The van der Waals surface area contributed by atoms with Crippen molar-refractivity contribution in [3.05, 3.63) is 68.6 Å². The summed E-state index contributed by atoms with van der Waals surface area (Å²) in [4.78, 5) is 22.9. The number of benzene rings is 1. The summed E-state index contributed by atoms with van der Waals surface area (Å²) in [5, 5.41) is 0.874. The van der Waals surface area contributed by atoms with Gasteiger partial charge in [0, 0.05) is 17.8 Å². The van der Waals surface area contributed by atoms with Crippen LogP contribution in [-0.4, -0.2) is 11.3 Å². The Hall–Kier alpha value is -1.58. The van der Waals surface area contributed by atoms with Gasteiger partial charge in [0.2, 0.25) is 5.56 Å². The molecule has 88 valence electrons. The molecule has 5 heteroatoms. The van der Waals surface area contributed by atoms with E-state index in [0.717, 1.165) is 6.29 Å². The monoisotopic (exact) mass is 269 g/mol. The lowest BCUT2D eigenvalue weighted by Crippen LogP contribution is -1.98. The summed E-state index contributed by atoms with van der Waals surface area (Å²) in [6.07, 6.45) is 2.32. The lowest BCUT2D eigenvalue weighted by molar-refractivity contribution is 0.112. The third kappa shape index (κ3) is 4.85. The van der Waals surface area contributed by atoms with Crippen LogP contribution in [0.25, 0.3) is 0 Å². The van der Waals surface area contributed by atoms with Gasteiger partial charge in [0.15, 0.2) is 0 Å². The average Bonchev–Trinajstić information content (AvgIpc) is 2.34. The Labute approximate surface area is 108 Å². The Morgan fingerprint density at radius 2 is 1.82 bits per heavy atom. The van der Waals surface area contributed by atoms with E-state index in [1.165, 1.54) is 12.1 Å². The molecular formula is C12H9Cl2NO2. The van der Waals surface area contributed by atoms with Gasteiger partial charge in [-0.25, -0.2) is 0 Å². The zero-order chi connectivity index (χ0) is 12.7. The van der Waals surface area contributed by atoms with Gasteiger partial charge in [-0.05, 0) is 18.2 Å². The maximum absolute atomic E-state index is 10.2. The molecule has 0 saturated heterocycles. The van der Waals surface area contributed by atoms with E-state index in [4.69, 9.17) is 23.2 Å². The van der Waals surface area contributed by atoms with Crippen LogP contribution in [0.5, 0.6) is 0 Å². The van der Waals surface area contributed by atoms with Crippen molar-refractivity contribution in [2.24, 2.45) is 0 Å². The molecule has 0 atom stereocenters. The number of hydrogen-bond donors (Lipinski definition) is 1. The molecule has 0 bridgehead atoms. The minimum absolute atomic E-state index is 0.0532. The Morgan fingerprint density at radius 1 is 1.06 bits per heavy atom. The molecule has 0 amide bonds. The lowest BCUT2D eigenvalue weighted by Gasteiger charge is -1.93. The molecule has 2 aromatic rings. The van der Waals surface area contributed by atoms with Crippen molar-refractivity contribution in [3.8, 4) is 0 Å².